The summed E-state index contributed by atoms with van der Waals surface area (Å²) >= 11 is 0. The molecule has 8 nitrogen and oxygen atoms in total. The Morgan fingerprint density at radius 1 is 1.10 bits per heavy atom. The van der Waals surface area contributed by atoms with E-state index in [4.69, 9.17) is 4.74 Å². The fraction of sp³-hybridized carbons (Fsp3) is 0.286. The molecule has 3 heterocycles. The number of rotatable bonds is 6. The Kier molecular flexibility index (Phi) is 5.89. The number of amides is 1. The van der Waals surface area contributed by atoms with Crippen molar-refractivity contribution in [2.75, 3.05) is 18.5 Å². The SMILES string of the molecule is O=C(COc1ccccc1)N1CCCCC1c1ccnc(Nc2cnccn2)n1. The zero-order valence-corrected chi connectivity index (χ0v) is 15.9. The summed E-state index contributed by atoms with van der Waals surface area (Å²) in [6.07, 6.45) is 9.38. The third kappa shape index (κ3) is 4.84. The van der Waals surface area contributed by atoms with Crippen LogP contribution in [0.15, 0.2) is 61.2 Å². The molecule has 4 rings (SSSR count). The number of carbonyl (C=O) groups is 1. The minimum atomic E-state index is -0.0963. The van der Waals surface area contributed by atoms with E-state index in [-0.39, 0.29) is 18.6 Å². The molecule has 1 aromatic carbocycles. The lowest BCUT2D eigenvalue weighted by Gasteiger charge is -2.35. The summed E-state index contributed by atoms with van der Waals surface area (Å²) in [5, 5.41) is 3.05. The van der Waals surface area contributed by atoms with Crippen LogP contribution >= 0.6 is 0 Å². The molecule has 0 radical (unpaired) electrons. The topological polar surface area (TPSA) is 93.1 Å². The maximum Gasteiger partial charge on any atom is 0.261 e. The molecule has 1 fully saturated rings. The second kappa shape index (κ2) is 9.09. The molecule has 3 aromatic rings. The fourth-order valence-electron chi connectivity index (χ4n) is 3.38. The molecular weight excluding hydrogens is 368 g/mol. The van der Waals surface area contributed by atoms with Gasteiger partial charge >= 0.3 is 0 Å². The highest BCUT2D eigenvalue weighted by Crippen LogP contribution is 2.30. The number of piperidine rings is 1. The van der Waals surface area contributed by atoms with Crippen LogP contribution in [0.2, 0.25) is 0 Å². The number of hydrogen-bond acceptors (Lipinski definition) is 7. The van der Waals surface area contributed by atoms with E-state index in [0.29, 0.717) is 24.1 Å². The Labute approximate surface area is 169 Å². The number of likely N-dealkylation sites (tertiary alicyclic amines) is 1. The first-order valence-electron chi connectivity index (χ1n) is 9.63. The van der Waals surface area contributed by atoms with Crippen molar-refractivity contribution in [1.82, 2.24) is 24.8 Å². The second-order valence-electron chi connectivity index (χ2n) is 6.72. The van der Waals surface area contributed by atoms with Crippen molar-refractivity contribution in [3.8, 4) is 5.75 Å². The van der Waals surface area contributed by atoms with Crippen LogP contribution < -0.4 is 10.1 Å². The van der Waals surface area contributed by atoms with Crippen LogP contribution in [0.25, 0.3) is 0 Å². The number of nitrogens with one attached hydrogen (secondary N) is 1. The quantitative estimate of drug-likeness (QED) is 0.691. The number of para-hydroxylation sites is 1. The van der Waals surface area contributed by atoms with Crippen molar-refractivity contribution in [3.05, 3.63) is 66.9 Å². The monoisotopic (exact) mass is 390 g/mol. The molecule has 1 saturated heterocycles. The van der Waals surface area contributed by atoms with Crippen molar-refractivity contribution in [2.45, 2.75) is 25.3 Å². The average Bonchev–Trinajstić information content (AvgIpc) is 2.79. The van der Waals surface area contributed by atoms with Crippen LogP contribution in [0.4, 0.5) is 11.8 Å². The van der Waals surface area contributed by atoms with Gasteiger partial charge < -0.3 is 15.0 Å². The standard InChI is InChI=1S/C21H22N6O2/c28-20(15-29-16-6-2-1-3-7-16)27-13-5-4-8-18(27)17-9-10-24-21(25-17)26-19-14-22-11-12-23-19/h1-3,6-7,9-12,14,18H,4-5,8,13,15H2,(H,23,24,25,26). The van der Waals surface area contributed by atoms with E-state index < -0.39 is 0 Å². The van der Waals surface area contributed by atoms with E-state index in [0.717, 1.165) is 25.0 Å². The number of hydrogen-bond donors (Lipinski definition) is 1. The number of carbonyl (C=O) groups excluding carboxylic acids is 1. The molecule has 1 aliphatic heterocycles. The Morgan fingerprint density at radius 2 is 2.00 bits per heavy atom. The number of aromatic nitrogens is 4. The van der Waals surface area contributed by atoms with Gasteiger partial charge in [0, 0.05) is 25.1 Å². The van der Waals surface area contributed by atoms with E-state index in [9.17, 15) is 4.79 Å². The lowest BCUT2D eigenvalue weighted by Crippen LogP contribution is -2.41. The summed E-state index contributed by atoms with van der Waals surface area (Å²) in [4.78, 5) is 31.8. The van der Waals surface area contributed by atoms with Gasteiger partial charge in [0.15, 0.2) is 12.4 Å². The molecule has 0 spiro atoms. The molecule has 0 aliphatic carbocycles. The highest BCUT2D eigenvalue weighted by Gasteiger charge is 2.29. The van der Waals surface area contributed by atoms with Crippen LogP contribution in [-0.4, -0.2) is 43.9 Å². The molecular formula is C21H22N6O2. The number of ether oxygens (including phenoxy) is 1. The molecule has 0 saturated carbocycles. The van der Waals surface area contributed by atoms with Gasteiger partial charge in [-0.2, -0.15) is 0 Å². The smallest absolute Gasteiger partial charge is 0.261 e. The van der Waals surface area contributed by atoms with Gasteiger partial charge in [0.25, 0.3) is 5.91 Å². The van der Waals surface area contributed by atoms with Gasteiger partial charge in [-0.1, -0.05) is 18.2 Å². The maximum absolute atomic E-state index is 12.9. The zero-order chi connectivity index (χ0) is 19.9. The molecule has 8 heteroatoms. The molecule has 148 valence electrons. The predicted octanol–water partition coefficient (Wildman–Crippen LogP) is 3.14. The zero-order valence-electron chi connectivity index (χ0n) is 15.9. The van der Waals surface area contributed by atoms with Crippen LogP contribution in [0.5, 0.6) is 5.75 Å². The highest BCUT2D eigenvalue weighted by atomic mass is 16.5. The van der Waals surface area contributed by atoms with E-state index in [2.05, 4.69) is 25.3 Å². The second-order valence-corrected chi connectivity index (χ2v) is 6.72. The lowest BCUT2D eigenvalue weighted by atomic mass is 9.99. The van der Waals surface area contributed by atoms with Crippen molar-refractivity contribution in [2.24, 2.45) is 0 Å². The summed E-state index contributed by atoms with van der Waals surface area (Å²) in [6, 6.07) is 11.1. The van der Waals surface area contributed by atoms with Gasteiger partial charge in [-0.3, -0.25) is 9.78 Å². The Balaban J connectivity index is 1.47. The Bertz CT molecular complexity index is 938. The number of nitrogens with zero attached hydrogens (tertiary/aromatic N) is 5. The lowest BCUT2D eigenvalue weighted by molar-refractivity contribution is -0.137. The van der Waals surface area contributed by atoms with Gasteiger partial charge in [0.2, 0.25) is 5.95 Å². The van der Waals surface area contributed by atoms with E-state index in [1.807, 2.05) is 41.3 Å². The normalized spacial score (nSPS) is 16.3. The predicted molar refractivity (Wildman–Crippen MR) is 108 cm³/mol. The minimum absolute atomic E-state index is 0.0102. The largest absolute Gasteiger partial charge is 0.484 e. The van der Waals surface area contributed by atoms with Gasteiger partial charge in [-0.25, -0.2) is 15.0 Å². The first-order chi connectivity index (χ1) is 14.3. The molecule has 1 aliphatic rings. The molecule has 2 aromatic heterocycles. The van der Waals surface area contributed by atoms with Crippen LogP contribution in [0, 0.1) is 0 Å². The summed E-state index contributed by atoms with van der Waals surface area (Å²) in [7, 11) is 0. The van der Waals surface area contributed by atoms with E-state index >= 15 is 0 Å². The van der Waals surface area contributed by atoms with Gasteiger partial charge in [0.1, 0.15) is 5.75 Å². The molecule has 29 heavy (non-hydrogen) atoms. The maximum atomic E-state index is 12.9. The molecule has 1 N–H and O–H groups in total. The molecule has 1 unspecified atom stereocenters. The Hall–Kier alpha value is -3.55. The average molecular weight is 390 g/mol. The first kappa shape index (κ1) is 18.8. The van der Waals surface area contributed by atoms with Crippen LogP contribution in [-0.2, 0) is 4.79 Å². The van der Waals surface area contributed by atoms with Crippen molar-refractivity contribution in [1.29, 1.82) is 0 Å². The summed E-state index contributed by atoms with van der Waals surface area (Å²) in [5.41, 5.74) is 0.805. The van der Waals surface area contributed by atoms with Gasteiger partial charge in [-0.05, 0) is 37.5 Å². The molecule has 1 amide bonds. The summed E-state index contributed by atoms with van der Waals surface area (Å²) in [6.45, 7) is 0.703. The third-order valence-corrected chi connectivity index (χ3v) is 4.75. The fourth-order valence-corrected chi connectivity index (χ4v) is 3.38. The summed E-state index contributed by atoms with van der Waals surface area (Å²) in [5.74, 6) is 1.64. The van der Waals surface area contributed by atoms with E-state index in [1.165, 1.54) is 0 Å². The van der Waals surface area contributed by atoms with Gasteiger partial charge in [0.05, 0.1) is 17.9 Å². The van der Waals surface area contributed by atoms with Crippen LogP contribution in [0.3, 0.4) is 0 Å². The van der Waals surface area contributed by atoms with Crippen molar-refractivity contribution < 1.29 is 9.53 Å². The van der Waals surface area contributed by atoms with E-state index in [1.54, 1.807) is 24.8 Å². The Morgan fingerprint density at radius 3 is 2.83 bits per heavy atom. The third-order valence-electron chi connectivity index (χ3n) is 4.75. The molecule has 1 atom stereocenters. The highest BCUT2D eigenvalue weighted by molar-refractivity contribution is 5.78. The number of benzene rings is 1. The van der Waals surface area contributed by atoms with Crippen molar-refractivity contribution >= 4 is 17.7 Å². The number of anilines is 2. The van der Waals surface area contributed by atoms with Crippen molar-refractivity contribution in [3.63, 3.8) is 0 Å². The van der Waals surface area contributed by atoms with Crippen LogP contribution in [0.1, 0.15) is 31.0 Å². The minimum Gasteiger partial charge on any atom is -0.484 e. The first-order valence-corrected chi connectivity index (χ1v) is 9.63. The summed E-state index contributed by atoms with van der Waals surface area (Å²) < 4.78 is 5.66. The van der Waals surface area contributed by atoms with Gasteiger partial charge in [-0.15, -0.1) is 0 Å². The molecule has 0 bridgehead atoms.